The third-order valence-corrected chi connectivity index (χ3v) is 3.66. The molecule has 0 saturated heterocycles. The van der Waals surface area contributed by atoms with Gasteiger partial charge in [0.25, 0.3) is 0 Å². The Balaban J connectivity index is 2.05. The van der Waals surface area contributed by atoms with Gasteiger partial charge in [-0.05, 0) is 23.3 Å². The minimum absolute atomic E-state index is 0.129. The maximum absolute atomic E-state index is 12.4. The van der Waals surface area contributed by atoms with Crippen LogP contribution < -0.4 is 0 Å². The standard InChI is InChI=1S/C16H22O2/c1-16(2,3)15(18-4)14(17)13-10-12(13)11-8-6-5-7-9-11/h5-9,12-13,15H,10H2,1-4H3. The first-order valence-electron chi connectivity index (χ1n) is 6.56. The highest BCUT2D eigenvalue weighted by Gasteiger charge is 2.48. The number of benzene rings is 1. The van der Waals surface area contributed by atoms with Gasteiger partial charge in [-0.15, -0.1) is 0 Å². The molecule has 1 aliphatic rings. The minimum Gasteiger partial charge on any atom is -0.373 e. The Hall–Kier alpha value is -1.15. The summed E-state index contributed by atoms with van der Waals surface area (Å²) in [6.07, 6.45) is 0.676. The molecule has 98 valence electrons. The van der Waals surface area contributed by atoms with Crippen molar-refractivity contribution in [3.63, 3.8) is 0 Å². The smallest absolute Gasteiger partial charge is 0.165 e. The van der Waals surface area contributed by atoms with E-state index >= 15 is 0 Å². The van der Waals surface area contributed by atoms with Crippen LogP contribution in [0.1, 0.15) is 38.7 Å². The summed E-state index contributed by atoms with van der Waals surface area (Å²) < 4.78 is 5.41. The summed E-state index contributed by atoms with van der Waals surface area (Å²) in [6, 6.07) is 10.3. The molecule has 18 heavy (non-hydrogen) atoms. The third kappa shape index (κ3) is 2.64. The first kappa shape index (κ1) is 13.3. The van der Waals surface area contributed by atoms with Crippen LogP contribution in [0.25, 0.3) is 0 Å². The van der Waals surface area contributed by atoms with E-state index in [0.717, 1.165) is 6.42 Å². The maximum atomic E-state index is 12.4. The number of Topliss-reactive ketones (excluding diaryl/α,β-unsaturated/α-hetero) is 1. The van der Waals surface area contributed by atoms with Crippen LogP contribution in [0.4, 0.5) is 0 Å². The van der Waals surface area contributed by atoms with Gasteiger partial charge in [0.1, 0.15) is 6.10 Å². The van der Waals surface area contributed by atoms with E-state index in [9.17, 15) is 4.79 Å². The zero-order valence-electron chi connectivity index (χ0n) is 11.6. The predicted octanol–water partition coefficient (Wildman–Crippen LogP) is 3.42. The molecule has 0 aliphatic heterocycles. The molecule has 0 heterocycles. The Labute approximate surface area is 109 Å². The molecule has 3 atom stereocenters. The molecular formula is C16H22O2. The lowest BCUT2D eigenvalue weighted by molar-refractivity contribution is -0.136. The van der Waals surface area contributed by atoms with E-state index in [4.69, 9.17) is 4.74 Å². The Morgan fingerprint density at radius 3 is 2.39 bits per heavy atom. The molecule has 1 aliphatic carbocycles. The van der Waals surface area contributed by atoms with E-state index in [1.165, 1.54) is 5.56 Å². The normalized spacial score (nSPS) is 24.7. The molecule has 2 rings (SSSR count). The number of hydrogen-bond acceptors (Lipinski definition) is 2. The van der Waals surface area contributed by atoms with E-state index in [-0.39, 0.29) is 23.2 Å². The number of rotatable bonds is 4. The molecule has 0 amide bonds. The van der Waals surface area contributed by atoms with Crippen molar-refractivity contribution in [3.05, 3.63) is 35.9 Å². The maximum Gasteiger partial charge on any atom is 0.165 e. The van der Waals surface area contributed by atoms with Gasteiger partial charge >= 0.3 is 0 Å². The van der Waals surface area contributed by atoms with E-state index in [1.54, 1.807) is 7.11 Å². The molecule has 1 aromatic rings. The zero-order chi connectivity index (χ0) is 13.3. The molecule has 2 heteroatoms. The average Bonchev–Trinajstić information content (AvgIpc) is 3.09. The Kier molecular flexibility index (Phi) is 3.58. The van der Waals surface area contributed by atoms with Crippen LogP contribution in [-0.4, -0.2) is 19.0 Å². The number of ketones is 1. The van der Waals surface area contributed by atoms with E-state index in [2.05, 4.69) is 32.9 Å². The second kappa shape index (κ2) is 4.85. The van der Waals surface area contributed by atoms with Crippen molar-refractivity contribution in [1.82, 2.24) is 0 Å². The summed E-state index contributed by atoms with van der Waals surface area (Å²) in [4.78, 5) is 12.4. The first-order valence-corrected chi connectivity index (χ1v) is 6.56. The van der Waals surface area contributed by atoms with Gasteiger partial charge < -0.3 is 4.74 Å². The Morgan fingerprint density at radius 2 is 1.89 bits per heavy atom. The number of ether oxygens (including phenoxy) is 1. The largest absolute Gasteiger partial charge is 0.373 e. The van der Waals surface area contributed by atoms with E-state index in [1.807, 2.05) is 18.2 Å². The number of carbonyl (C=O) groups excluding carboxylic acids is 1. The average molecular weight is 246 g/mol. The van der Waals surface area contributed by atoms with Gasteiger partial charge in [-0.2, -0.15) is 0 Å². The molecule has 0 radical (unpaired) electrons. The third-order valence-electron chi connectivity index (χ3n) is 3.66. The fourth-order valence-corrected chi connectivity index (χ4v) is 2.67. The lowest BCUT2D eigenvalue weighted by atomic mass is 9.84. The van der Waals surface area contributed by atoms with Gasteiger partial charge in [0.05, 0.1) is 0 Å². The SMILES string of the molecule is COC(C(=O)C1CC1c1ccccc1)C(C)(C)C. The van der Waals surface area contributed by atoms with Crippen LogP contribution in [-0.2, 0) is 9.53 Å². The van der Waals surface area contributed by atoms with Crippen LogP contribution in [0.15, 0.2) is 30.3 Å². The number of carbonyl (C=O) groups is 1. The summed E-state index contributed by atoms with van der Waals surface area (Å²) >= 11 is 0. The minimum atomic E-state index is -0.295. The highest BCUT2D eigenvalue weighted by molar-refractivity contribution is 5.89. The predicted molar refractivity (Wildman–Crippen MR) is 72.5 cm³/mol. The van der Waals surface area contributed by atoms with Crippen LogP contribution in [0, 0.1) is 11.3 Å². The van der Waals surface area contributed by atoms with Gasteiger partial charge in [-0.25, -0.2) is 0 Å². The highest BCUT2D eigenvalue weighted by Crippen LogP contribution is 2.49. The van der Waals surface area contributed by atoms with Crippen LogP contribution in [0.5, 0.6) is 0 Å². The van der Waals surface area contributed by atoms with Crippen molar-refractivity contribution < 1.29 is 9.53 Å². The molecule has 1 saturated carbocycles. The van der Waals surface area contributed by atoms with Crippen molar-refractivity contribution in [3.8, 4) is 0 Å². The summed E-state index contributed by atoms with van der Waals surface area (Å²) in [5.74, 6) is 0.814. The first-order chi connectivity index (χ1) is 8.45. The quantitative estimate of drug-likeness (QED) is 0.813. The molecule has 0 aromatic heterocycles. The lowest BCUT2D eigenvalue weighted by Crippen LogP contribution is -2.37. The zero-order valence-corrected chi connectivity index (χ0v) is 11.6. The van der Waals surface area contributed by atoms with Gasteiger partial charge in [-0.1, -0.05) is 51.1 Å². The monoisotopic (exact) mass is 246 g/mol. The van der Waals surface area contributed by atoms with Crippen LogP contribution >= 0.6 is 0 Å². The van der Waals surface area contributed by atoms with Gasteiger partial charge in [0, 0.05) is 13.0 Å². The second-order valence-electron chi connectivity index (χ2n) is 6.24. The molecule has 1 fully saturated rings. The molecule has 2 nitrogen and oxygen atoms in total. The molecule has 1 aromatic carbocycles. The van der Waals surface area contributed by atoms with Crippen molar-refractivity contribution in [1.29, 1.82) is 0 Å². The molecular weight excluding hydrogens is 224 g/mol. The fraction of sp³-hybridized carbons (Fsp3) is 0.562. The summed E-state index contributed by atoms with van der Waals surface area (Å²) in [7, 11) is 1.63. The van der Waals surface area contributed by atoms with Crippen molar-refractivity contribution >= 4 is 5.78 Å². The number of methoxy groups -OCH3 is 1. The van der Waals surface area contributed by atoms with Gasteiger partial charge in [0.2, 0.25) is 0 Å². The molecule has 0 bridgehead atoms. The van der Waals surface area contributed by atoms with Crippen LogP contribution in [0.2, 0.25) is 0 Å². The Bertz CT molecular complexity index is 416. The summed E-state index contributed by atoms with van der Waals surface area (Å²) in [5, 5.41) is 0. The van der Waals surface area contributed by atoms with Gasteiger partial charge in [0.15, 0.2) is 5.78 Å². The number of hydrogen-bond donors (Lipinski definition) is 0. The van der Waals surface area contributed by atoms with Gasteiger partial charge in [-0.3, -0.25) is 4.79 Å². The van der Waals surface area contributed by atoms with Crippen LogP contribution in [0.3, 0.4) is 0 Å². The highest BCUT2D eigenvalue weighted by atomic mass is 16.5. The molecule has 0 spiro atoms. The Morgan fingerprint density at radius 1 is 1.28 bits per heavy atom. The van der Waals surface area contributed by atoms with Crippen molar-refractivity contribution in [2.75, 3.05) is 7.11 Å². The lowest BCUT2D eigenvalue weighted by Gasteiger charge is -2.28. The van der Waals surface area contributed by atoms with E-state index in [0.29, 0.717) is 5.92 Å². The summed E-state index contributed by atoms with van der Waals surface area (Å²) in [5.41, 5.74) is 1.15. The summed E-state index contributed by atoms with van der Waals surface area (Å²) in [6.45, 7) is 6.16. The second-order valence-corrected chi connectivity index (χ2v) is 6.24. The molecule has 0 N–H and O–H groups in total. The van der Waals surface area contributed by atoms with Crippen molar-refractivity contribution in [2.24, 2.45) is 11.3 Å². The molecule has 3 unspecified atom stereocenters. The van der Waals surface area contributed by atoms with E-state index < -0.39 is 0 Å². The van der Waals surface area contributed by atoms with Crippen molar-refractivity contribution in [2.45, 2.75) is 39.2 Å². The fourth-order valence-electron chi connectivity index (χ4n) is 2.67. The topological polar surface area (TPSA) is 26.3 Å².